The van der Waals surface area contributed by atoms with Crippen LogP contribution >= 0.6 is 8.65 Å². The molecule has 0 aliphatic rings. The van der Waals surface area contributed by atoms with E-state index in [0.29, 0.717) is 0 Å². The van der Waals surface area contributed by atoms with E-state index in [9.17, 15) is 0 Å². The third-order valence-corrected chi connectivity index (χ3v) is 3.60. The summed E-state index contributed by atoms with van der Waals surface area (Å²) in [7, 11) is 4.93. The number of hydrogen-bond donors (Lipinski definition) is 1. The molecular formula is C6H6CdNS. The normalized spacial score (nSPS) is 8.00. The second kappa shape index (κ2) is 4.05. The molecule has 0 saturated heterocycles. The van der Waals surface area contributed by atoms with Crippen LogP contribution in [0, 0.1) is 0 Å². The summed E-state index contributed by atoms with van der Waals surface area (Å²) in [6.45, 7) is 0. The summed E-state index contributed by atoms with van der Waals surface area (Å²) in [5, 5.41) is 0. The summed E-state index contributed by atoms with van der Waals surface area (Å²) in [6.07, 6.45) is 0. The number of anilines is 1. The van der Waals surface area contributed by atoms with Crippen molar-refractivity contribution in [2.45, 2.75) is 0 Å². The van der Waals surface area contributed by atoms with E-state index in [1.165, 1.54) is 5.69 Å². The molecule has 0 amide bonds. The molecule has 0 aromatic heterocycles. The fourth-order valence-electron chi connectivity index (χ4n) is 0.639. The van der Waals surface area contributed by atoms with E-state index < -0.39 is 22.5 Å². The van der Waals surface area contributed by atoms with E-state index in [2.05, 4.69) is 3.13 Å². The Morgan fingerprint density at radius 3 is 2.44 bits per heavy atom. The second-order valence-corrected chi connectivity index (χ2v) is 5.46. The van der Waals surface area contributed by atoms with Gasteiger partial charge in [0.15, 0.2) is 0 Å². The predicted molar refractivity (Wildman–Crippen MR) is 37.7 cm³/mol. The molecule has 0 unspecified atom stereocenters. The molecule has 9 heavy (non-hydrogen) atoms. The van der Waals surface area contributed by atoms with Crippen molar-refractivity contribution in [2.75, 3.05) is 3.13 Å². The quantitative estimate of drug-likeness (QED) is 0.791. The van der Waals surface area contributed by atoms with Crippen LogP contribution in [0.15, 0.2) is 30.3 Å². The van der Waals surface area contributed by atoms with E-state index in [-0.39, 0.29) is 0 Å². The molecule has 0 saturated carbocycles. The van der Waals surface area contributed by atoms with Crippen molar-refractivity contribution in [3.8, 4) is 0 Å². The van der Waals surface area contributed by atoms with Crippen LogP contribution in [0.5, 0.6) is 0 Å². The zero-order valence-electron chi connectivity index (χ0n) is 5.00. The predicted octanol–water partition coefficient (Wildman–Crippen LogP) is 2.21. The fraction of sp³-hybridized carbons (Fsp3) is 0. The third-order valence-electron chi connectivity index (χ3n) is 1.05. The monoisotopic (exact) mass is 238 g/mol. The molecule has 1 nitrogen and oxygen atoms in total. The summed E-state index contributed by atoms with van der Waals surface area (Å²) >= 11 is -0.975. The SMILES string of the molecule is [S]=[Cd][NH]c1ccccc1. The molecule has 1 aromatic rings. The zero-order valence-corrected chi connectivity index (χ0v) is 9.85. The minimum absolute atomic E-state index is 0.975. The maximum atomic E-state index is 4.93. The first-order valence-corrected chi connectivity index (χ1v) is 10.3. The summed E-state index contributed by atoms with van der Waals surface area (Å²) < 4.78 is 3.23. The first kappa shape index (κ1) is 7.27. The van der Waals surface area contributed by atoms with E-state index in [0.717, 1.165) is 0 Å². The van der Waals surface area contributed by atoms with Gasteiger partial charge >= 0.3 is 70.2 Å². The Morgan fingerprint density at radius 2 is 1.89 bits per heavy atom. The average Bonchev–Trinajstić information content (AvgIpc) is 1.91. The fourth-order valence-corrected chi connectivity index (χ4v) is 2.91. The average molecular weight is 237 g/mol. The van der Waals surface area contributed by atoms with Gasteiger partial charge in [0.25, 0.3) is 0 Å². The zero-order chi connectivity index (χ0) is 6.53. The van der Waals surface area contributed by atoms with Crippen molar-refractivity contribution in [3.63, 3.8) is 0 Å². The maximum absolute atomic E-state index is 4.93. The van der Waals surface area contributed by atoms with Crippen LogP contribution in [-0.4, -0.2) is 0 Å². The van der Waals surface area contributed by atoms with Gasteiger partial charge < -0.3 is 0 Å². The van der Waals surface area contributed by atoms with Crippen molar-refractivity contribution in [3.05, 3.63) is 30.3 Å². The molecule has 0 aliphatic carbocycles. The number of rotatable bonds is 2. The Balaban J connectivity index is 2.72. The summed E-state index contributed by atoms with van der Waals surface area (Å²) in [5.74, 6) is 0. The molecule has 3 heteroatoms. The molecular weight excluding hydrogens is 231 g/mol. The molecule has 0 spiro atoms. The van der Waals surface area contributed by atoms with Gasteiger partial charge in [-0.3, -0.25) is 0 Å². The van der Waals surface area contributed by atoms with Gasteiger partial charge in [0.05, 0.1) is 0 Å². The number of para-hydroxylation sites is 1. The molecule has 0 fully saturated rings. The van der Waals surface area contributed by atoms with Crippen molar-refractivity contribution in [1.82, 2.24) is 0 Å². The Kier molecular flexibility index (Phi) is 3.28. The molecule has 0 bridgehead atoms. The van der Waals surface area contributed by atoms with Crippen LogP contribution in [-0.2, 0) is 22.5 Å². The molecule has 1 N–H and O–H groups in total. The molecule has 0 atom stereocenters. The third kappa shape index (κ3) is 2.49. The van der Waals surface area contributed by atoms with Gasteiger partial charge in [0, 0.05) is 0 Å². The summed E-state index contributed by atoms with van der Waals surface area (Å²) in [4.78, 5) is 0. The first-order chi connectivity index (χ1) is 4.43. The van der Waals surface area contributed by atoms with E-state index >= 15 is 0 Å². The van der Waals surface area contributed by atoms with Gasteiger partial charge in [0.1, 0.15) is 0 Å². The standard InChI is InChI=1S/C6H6N.Cd.S/c7-6-4-2-1-3-5-6;;/h1-5,7H;;/q-1;+1;. The molecule has 1 rings (SSSR count). The second-order valence-electron chi connectivity index (χ2n) is 1.69. The van der Waals surface area contributed by atoms with E-state index in [4.69, 9.17) is 8.65 Å². The van der Waals surface area contributed by atoms with Gasteiger partial charge in [-0.2, -0.15) is 0 Å². The van der Waals surface area contributed by atoms with E-state index in [1.807, 2.05) is 30.3 Å². The topological polar surface area (TPSA) is 12.0 Å². The Hall–Kier alpha value is 0.162. The summed E-state index contributed by atoms with van der Waals surface area (Å²) in [6, 6.07) is 10.1. The Bertz CT molecular complexity index is 188. The van der Waals surface area contributed by atoms with Gasteiger partial charge in [-0.25, -0.2) is 0 Å². The van der Waals surface area contributed by atoms with Crippen LogP contribution in [0.2, 0.25) is 0 Å². The number of hydrogen-bond acceptors (Lipinski definition) is 1. The minimum atomic E-state index is -0.975. The van der Waals surface area contributed by atoms with Gasteiger partial charge in [-0.15, -0.1) is 0 Å². The van der Waals surface area contributed by atoms with Crippen molar-refractivity contribution < 1.29 is 22.5 Å². The molecule has 0 aliphatic heterocycles. The molecule has 1 aromatic carbocycles. The van der Waals surface area contributed by atoms with Crippen LogP contribution < -0.4 is 3.13 Å². The van der Waals surface area contributed by atoms with Crippen LogP contribution in [0.3, 0.4) is 0 Å². The van der Waals surface area contributed by atoms with Crippen molar-refractivity contribution in [1.29, 1.82) is 0 Å². The van der Waals surface area contributed by atoms with Gasteiger partial charge in [-0.05, 0) is 0 Å². The van der Waals surface area contributed by atoms with Gasteiger partial charge in [0.2, 0.25) is 0 Å². The van der Waals surface area contributed by atoms with Crippen molar-refractivity contribution >= 4 is 14.3 Å². The number of nitrogens with one attached hydrogen (secondary N) is 1. The number of benzene rings is 1. The Morgan fingerprint density at radius 1 is 1.22 bits per heavy atom. The molecule has 43 valence electrons. The molecule has 0 radical (unpaired) electrons. The Labute approximate surface area is 69.9 Å². The van der Waals surface area contributed by atoms with Gasteiger partial charge in [-0.1, -0.05) is 0 Å². The molecule has 0 heterocycles. The van der Waals surface area contributed by atoms with Crippen LogP contribution in [0.4, 0.5) is 5.69 Å². The van der Waals surface area contributed by atoms with Crippen molar-refractivity contribution in [2.24, 2.45) is 0 Å². The first-order valence-electron chi connectivity index (χ1n) is 2.80. The summed E-state index contributed by atoms with van der Waals surface area (Å²) in [5.41, 5.74) is 1.18. The van der Waals surface area contributed by atoms with Crippen LogP contribution in [0.1, 0.15) is 0 Å². The van der Waals surface area contributed by atoms with Crippen LogP contribution in [0.25, 0.3) is 0 Å². The van der Waals surface area contributed by atoms with E-state index in [1.54, 1.807) is 0 Å².